The lowest BCUT2D eigenvalue weighted by Gasteiger charge is -2.08. The zero-order valence-electron chi connectivity index (χ0n) is 16.2. The molecule has 0 saturated carbocycles. The summed E-state index contributed by atoms with van der Waals surface area (Å²) in [6, 6.07) is 11.9. The molecule has 154 valence electrons. The van der Waals surface area contributed by atoms with Gasteiger partial charge in [-0.15, -0.1) is 0 Å². The summed E-state index contributed by atoms with van der Waals surface area (Å²) in [7, 11) is -3.29. The van der Waals surface area contributed by atoms with Crippen molar-refractivity contribution in [3.8, 4) is 16.9 Å². The Bertz CT molecular complexity index is 1430. The summed E-state index contributed by atoms with van der Waals surface area (Å²) < 4.78 is 33.5. The average molecular weight is 426 g/mol. The minimum absolute atomic E-state index is 0.163. The highest BCUT2D eigenvalue weighted by molar-refractivity contribution is 7.90. The number of H-pyrrole nitrogens is 2. The van der Waals surface area contributed by atoms with Crippen molar-refractivity contribution < 1.29 is 22.7 Å². The van der Waals surface area contributed by atoms with Gasteiger partial charge in [-0.25, -0.2) is 13.2 Å². The van der Waals surface area contributed by atoms with E-state index in [1.165, 1.54) is 6.20 Å². The summed E-state index contributed by atoms with van der Waals surface area (Å²) in [5.41, 5.74) is 2.09. The molecule has 0 radical (unpaired) electrons. The Labute approximate surface area is 171 Å². The third-order valence-electron chi connectivity index (χ3n) is 4.68. The quantitative estimate of drug-likeness (QED) is 0.481. The molecular weight excluding hydrogens is 408 g/mol. The number of sulfone groups is 1. The molecule has 0 spiro atoms. The fourth-order valence-electron chi connectivity index (χ4n) is 3.29. The Kier molecular flexibility index (Phi) is 4.83. The maximum Gasteiger partial charge on any atom is 0.513 e. The molecule has 0 aliphatic rings. The molecule has 9 heteroatoms. The van der Waals surface area contributed by atoms with Crippen LogP contribution in [0.4, 0.5) is 4.79 Å². The first-order valence-electron chi connectivity index (χ1n) is 9.10. The molecule has 2 N–H and O–H groups in total. The van der Waals surface area contributed by atoms with Crippen molar-refractivity contribution in [1.82, 2.24) is 9.97 Å². The Morgan fingerprint density at radius 3 is 2.43 bits per heavy atom. The van der Waals surface area contributed by atoms with Crippen LogP contribution in [0.1, 0.15) is 6.92 Å². The van der Waals surface area contributed by atoms with E-state index in [-0.39, 0.29) is 28.3 Å². The summed E-state index contributed by atoms with van der Waals surface area (Å²) >= 11 is 0. The number of carbonyl (C=O) groups is 1. The minimum atomic E-state index is -3.29. The molecule has 2 heterocycles. The van der Waals surface area contributed by atoms with E-state index in [2.05, 4.69) is 9.97 Å². The number of hydrogen-bond acceptors (Lipinski definition) is 6. The molecule has 0 saturated heterocycles. The highest BCUT2D eigenvalue weighted by Crippen LogP contribution is 2.33. The van der Waals surface area contributed by atoms with Gasteiger partial charge in [0.05, 0.1) is 16.9 Å². The molecule has 30 heavy (non-hydrogen) atoms. The van der Waals surface area contributed by atoms with Crippen LogP contribution in [0.25, 0.3) is 32.9 Å². The van der Waals surface area contributed by atoms with E-state index >= 15 is 0 Å². The number of benzene rings is 2. The second-order valence-electron chi connectivity index (χ2n) is 6.70. The largest absolute Gasteiger partial charge is 0.513 e. The Balaban J connectivity index is 1.88. The molecule has 0 fully saturated rings. The van der Waals surface area contributed by atoms with Crippen molar-refractivity contribution in [3.05, 3.63) is 59.0 Å². The highest BCUT2D eigenvalue weighted by Gasteiger charge is 2.17. The van der Waals surface area contributed by atoms with E-state index in [0.29, 0.717) is 16.3 Å². The summed E-state index contributed by atoms with van der Waals surface area (Å²) in [5.74, 6) is 0.184. The number of aromatic nitrogens is 2. The van der Waals surface area contributed by atoms with Crippen LogP contribution in [0.5, 0.6) is 5.75 Å². The molecule has 0 atom stereocenters. The maximum absolute atomic E-state index is 12.4. The SMILES string of the molecule is CCOC(=O)Oc1c[nH]c2c(=O)[nH]c3ccc(-c4ccc(S(C)(=O)=O)cc4)cc3c12. The van der Waals surface area contributed by atoms with Gasteiger partial charge in [0.25, 0.3) is 5.56 Å². The van der Waals surface area contributed by atoms with Crippen LogP contribution in [0.2, 0.25) is 0 Å². The first kappa shape index (κ1) is 19.7. The number of ether oxygens (including phenoxy) is 2. The first-order valence-corrected chi connectivity index (χ1v) is 11.0. The third kappa shape index (κ3) is 3.55. The Morgan fingerprint density at radius 2 is 1.77 bits per heavy atom. The fourth-order valence-corrected chi connectivity index (χ4v) is 3.92. The highest BCUT2D eigenvalue weighted by atomic mass is 32.2. The van der Waals surface area contributed by atoms with Crippen LogP contribution < -0.4 is 10.3 Å². The van der Waals surface area contributed by atoms with Crippen molar-refractivity contribution in [2.24, 2.45) is 0 Å². The summed E-state index contributed by atoms with van der Waals surface area (Å²) in [5, 5.41) is 1.12. The fraction of sp³-hybridized carbons (Fsp3) is 0.143. The third-order valence-corrected chi connectivity index (χ3v) is 5.81. The number of rotatable bonds is 4. The summed E-state index contributed by atoms with van der Waals surface area (Å²) in [6.07, 6.45) is 1.73. The smallest absolute Gasteiger partial charge is 0.434 e. The lowest BCUT2D eigenvalue weighted by Crippen LogP contribution is -2.10. The second-order valence-corrected chi connectivity index (χ2v) is 8.71. The molecule has 0 aliphatic heterocycles. The Hall–Kier alpha value is -3.59. The number of hydrogen-bond donors (Lipinski definition) is 2. The van der Waals surface area contributed by atoms with Crippen LogP contribution in [-0.2, 0) is 14.6 Å². The van der Waals surface area contributed by atoms with Gasteiger partial charge in [-0.05, 0) is 42.3 Å². The average Bonchev–Trinajstić information content (AvgIpc) is 3.12. The molecule has 4 aromatic rings. The molecule has 0 unspecified atom stereocenters. The molecule has 4 rings (SSSR count). The lowest BCUT2D eigenvalue weighted by atomic mass is 10.0. The number of pyridine rings is 1. The molecule has 8 nitrogen and oxygen atoms in total. The van der Waals surface area contributed by atoms with Crippen molar-refractivity contribution in [3.63, 3.8) is 0 Å². The lowest BCUT2D eigenvalue weighted by molar-refractivity contribution is 0.105. The van der Waals surface area contributed by atoms with Gasteiger partial charge >= 0.3 is 6.16 Å². The molecule has 0 bridgehead atoms. The molecular formula is C21H18N2O6S. The maximum atomic E-state index is 12.4. The summed E-state index contributed by atoms with van der Waals surface area (Å²) in [4.78, 5) is 30.0. The predicted molar refractivity (Wildman–Crippen MR) is 113 cm³/mol. The predicted octanol–water partition coefficient (Wildman–Crippen LogP) is 3.62. The monoisotopic (exact) mass is 426 g/mol. The zero-order valence-corrected chi connectivity index (χ0v) is 17.0. The molecule has 0 aliphatic carbocycles. The van der Waals surface area contributed by atoms with Gasteiger partial charge in [-0.1, -0.05) is 18.2 Å². The number of carbonyl (C=O) groups excluding carboxylic acids is 1. The minimum Gasteiger partial charge on any atom is -0.434 e. The number of aromatic amines is 2. The first-order chi connectivity index (χ1) is 14.3. The van der Waals surface area contributed by atoms with Gasteiger partial charge in [-0.2, -0.15) is 0 Å². The van der Waals surface area contributed by atoms with Crippen LogP contribution in [0, 0.1) is 0 Å². The molecule has 2 aromatic carbocycles. The van der Waals surface area contributed by atoms with Crippen molar-refractivity contribution >= 4 is 37.8 Å². The van der Waals surface area contributed by atoms with E-state index in [1.807, 2.05) is 12.1 Å². The van der Waals surface area contributed by atoms with Crippen molar-refractivity contribution in [2.75, 3.05) is 12.9 Å². The zero-order chi connectivity index (χ0) is 21.5. The standard InChI is InChI=1S/C21H18N2O6S/c1-3-28-21(25)29-17-11-22-19-18(17)15-10-13(6-9-16(15)23-20(19)24)12-4-7-14(8-5-12)30(2,26)27/h4-11,22H,3H2,1-2H3,(H,23,24). The van der Waals surface area contributed by atoms with E-state index in [0.717, 1.165) is 17.4 Å². The number of fused-ring (bicyclic) bond motifs is 3. The Morgan fingerprint density at radius 1 is 1.07 bits per heavy atom. The normalized spacial score (nSPS) is 11.7. The van der Waals surface area contributed by atoms with Gasteiger partial charge in [0, 0.05) is 23.4 Å². The summed E-state index contributed by atoms with van der Waals surface area (Å²) in [6.45, 7) is 1.83. The second kappa shape index (κ2) is 7.34. The van der Waals surface area contributed by atoms with E-state index in [1.54, 1.807) is 37.3 Å². The van der Waals surface area contributed by atoms with Gasteiger partial charge in [-0.3, -0.25) is 4.79 Å². The van der Waals surface area contributed by atoms with Crippen LogP contribution in [0.3, 0.4) is 0 Å². The van der Waals surface area contributed by atoms with Crippen molar-refractivity contribution in [2.45, 2.75) is 11.8 Å². The van der Waals surface area contributed by atoms with Crippen LogP contribution >= 0.6 is 0 Å². The molecule has 0 amide bonds. The van der Waals surface area contributed by atoms with Gasteiger partial charge in [0.15, 0.2) is 15.6 Å². The van der Waals surface area contributed by atoms with Crippen LogP contribution in [0.15, 0.2) is 58.4 Å². The van der Waals surface area contributed by atoms with Gasteiger partial charge in [0.2, 0.25) is 0 Å². The van der Waals surface area contributed by atoms with E-state index in [4.69, 9.17) is 9.47 Å². The molecule has 2 aromatic heterocycles. The van der Waals surface area contributed by atoms with E-state index in [9.17, 15) is 18.0 Å². The van der Waals surface area contributed by atoms with Gasteiger partial charge in [0.1, 0.15) is 5.52 Å². The number of nitrogens with one attached hydrogen (secondary N) is 2. The topological polar surface area (TPSA) is 118 Å². The van der Waals surface area contributed by atoms with Crippen molar-refractivity contribution in [1.29, 1.82) is 0 Å². The van der Waals surface area contributed by atoms with Gasteiger partial charge < -0.3 is 19.4 Å². The van der Waals surface area contributed by atoms with Crippen LogP contribution in [-0.4, -0.2) is 37.4 Å². The van der Waals surface area contributed by atoms with E-state index < -0.39 is 16.0 Å².